The Kier molecular flexibility index (Phi) is 4.88. The molecule has 0 aliphatic heterocycles. The van der Waals surface area contributed by atoms with E-state index in [2.05, 4.69) is 20.7 Å². The van der Waals surface area contributed by atoms with Crippen molar-refractivity contribution in [2.24, 2.45) is 11.1 Å². The molecule has 0 saturated heterocycles. The lowest BCUT2D eigenvalue weighted by Gasteiger charge is -2.23. The number of halogens is 1. The maximum absolute atomic E-state index is 12.0. The Morgan fingerprint density at radius 1 is 1.39 bits per heavy atom. The van der Waals surface area contributed by atoms with Crippen molar-refractivity contribution >= 4 is 43.2 Å². The molecule has 0 saturated carbocycles. The second kappa shape index (κ2) is 5.64. The molecule has 0 aliphatic rings. The van der Waals surface area contributed by atoms with Gasteiger partial charge < -0.3 is 5.73 Å². The fraction of sp³-hybridized carbons (Fsp3) is 0.364. The predicted molar refractivity (Wildman–Crippen MR) is 79.9 cm³/mol. The van der Waals surface area contributed by atoms with Gasteiger partial charge in [-0.2, -0.15) is 0 Å². The molecule has 3 N–H and O–H groups in total. The van der Waals surface area contributed by atoms with Gasteiger partial charge in [0.15, 0.2) is 0 Å². The van der Waals surface area contributed by atoms with Crippen LogP contribution in [-0.2, 0) is 10.0 Å². The summed E-state index contributed by atoms with van der Waals surface area (Å²) in [5.41, 5.74) is 4.99. The molecule has 0 aliphatic carbocycles. The van der Waals surface area contributed by atoms with E-state index < -0.39 is 15.4 Å². The summed E-state index contributed by atoms with van der Waals surface area (Å²) in [7, 11) is -3.53. The molecule has 4 nitrogen and oxygen atoms in total. The first-order valence-electron chi connectivity index (χ1n) is 5.20. The highest BCUT2D eigenvalue weighted by molar-refractivity contribution is 9.10. The van der Waals surface area contributed by atoms with E-state index in [0.717, 1.165) is 4.47 Å². The second-order valence-corrected chi connectivity index (χ2v) is 7.65. The van der Waals surface area contributed by atoms with Crippen LogP contribution in [0.1, 0.15) is 13.8 Å². The van der Waals surface area contributed by atoms with Gasteiger partial charge in [0.25, 0.3) is 0 Å². The van der Waals surface area contributed by atoms with Crippen LogP contribution >= 0.6 is 28.1 Å². The Balaban J connectivity index is 2.84. The maximum atomic E-state index is 12.0. The summed E-state index contributed by atoms with van der Waals surface area (Å²) in [5, 5.41) is 0. The van der Waals surface area contributed by atoms with Crippen LogP contribution in [0.15, 0.2) is 33.6 Å². The van der Waals surface area contributed by atoms with Crippen molar-refractivity contribution in [3.63, 3.8) is 0 Å². The monoisotopic (exact) mass is 350 g/mol. The molecule has 0 aromatic heterocycles. The Morgan fingerprint density at radius 2 is 1.89 bits per heavy atom. The lowest BCUT2D eigenvalue weighted by Crippen LogP contribution is -2.41. The molecule has 0 spiro atoms. The summed E-state index contributed by atoms with van der Waals surface area (Å²) in [6.45, 7) is 3.75. The molecule has 0 amide bonds. The minimum atomic E-state index is -3.53. The molecule has 1 rings (SSSR count). The average molecular weight is 351 g/mol. The van der Waals surface area contributed by atoms with Crippen molar-refractivity contribution in [2.75, 3.05) is 6.54 Å². The van der Waals surface area contributed by atoms with Gasteiger partial charge in [0, 0.05) is 16.4 Å². The molecule has 0 bridgehead atoms. The highest BCUT2D eigenvalue weighted by Crippen LogP contribution is 2.17. The molecule has 0 radical (unpaired) electrons. The number of nitrogens with two attached hydrogens (primary N) is 1. The van der Waals surface area contributed by atoms with Gasteiger partial charge in [-0.15, -0.1) is 0 Å². The van der Waals surface area contributed by atoms with Crippen molar-refractivity contribution in [1.82, 2.24) is 4.72 Å². The molecule has 0 atom stereocenters. The van der Waals surface area contributed by atoms with E-state index in [1.807, 2.05) is 0 Å². The van der Waals surface area contributed by atoms with Crippen LogP contribution in [0.25, 0.3) is 0 Å². The molecule has 7 heteroatoms. The van der Waals surface area contributed by atoms with E-state index in [1.54, 1.807) is 26.0 Å². The minimum absolute atomic E-state index is 0.167. The summed E-state index contributed by atoms with van der Waals surface area (Å²) in [5.74, 6) is 0. The molecule has 0 heterocycles. The third-order valence-corrected chi connectivity index (χ3v) is 4.99. The van der Waals surface area contributed by atoms with Crippen LogP contribution in [0.4, 0.5) is 0 Å². The van der Waals surface area contributed by atoms with Crippen molar-refractivity contribution in [3.05, 3.63) is 28.7 Å². The second-order valence-electron chi connectivity index (χ2n) is 4.53. The van der Waals surface area contributed by atoms with E-state index >= 15 is 0 Å². The lowest BCUT2D eigenvalue weighted by atomic mass is 9.94. The van der Waals surface area contributed by atoms with Crippen molar-refractivity contribution in [2.45, 2.75) is 18.7 Å². The van der Waals surface area contributed by atoms with Crippen LogP contribution in [-0.4, -0.2) is 20.0 Å². The molecule has 1 aromatic rings. The zero-order valence-electron chi connectivity index (χ0n) is 10.1. The topological polar surface area (TPSA) is 72.2 Å². The zero-order valence-corrected chi connectivity index (χ0v) is 13.3. The van der Waals surface area contributed by atoms with Gasteiger partial charge in [0.2, 0.25) is 10.0 Å². The van der Waals surface area contributed by atoms with Crippen molar-refractivity contribution in [3.8, 4) is 0 Å². The summed E-state index contributed by atoms with van der Waals surface area (Å²) in [6, 6.07) is 6.40. The average Bonchev–Trinajstić information content (AvgIpc) is 2.27. The standard InChI is InChI=1S/C11H15BrN2O2S2/c1-11(2,10(13)17)7-14-18(15,16)9-5-3-8(12)4-6-9/h3-6,14H,7H2,1-2H3,(H2,13,17). The molecule has 100 valence electrons. The zero-order chi connectivity index (χ0) is 14.0. The Labute approximate surface area is 121 Å². The highest BCUT2D eigenvalue weighted by Gasteiger charge is 2.24. The largest absolute Gasteiger partial charge is 0.393 e. The number of benzene rings is 1. The van der Waals surface area contributed by atoms with Gasteiger partial charge in [0.1, 0.15) is 0 Å². The normalized spacial score (nSPS) is 12.4. The first kappa shape index (κ1) is 15.6. The summed E-state index contributed by atoms with van der Waals surface area (Å²) in [6.07, 6.45) is 0. The van der Waals surface area contributed by atoms with Crippen LogP contribution in [0.3, 0.4) is 0 Å². The van der Waals surface area contributed by atoms with Crippen LogP contribution in [0, 0.1) is 5.41 Å². The number of thiocarbonyl (C=S) groups is 1. The van der Waals surface area contributed by atoms with Gasteiger partial charge in [-0.1, -0.05) is 42.0 Å². The third kappa shape index (κ3) is 4.01. The van der Waals surface area contributed by atoms with E-state index in [1.165, 1.54) is 12.1 Å². The van der Waals surface area contributed by atoms with Gasteiger partial charge >= 0.3 is 0 Å². The van der Waals surface area contributed by atoms with Gasteiger partial charge in [0.05, 0.1) is 9.88 Å². The van der Waals surface area contributed by atoms with E-state index in [-0.39, 0.29) is 16.4 Å². The summed E-state index contributed by atoms with van der Waals surface area (Å²) >= 11 is 8.14. The number of nitrogens with one attached hydrogen (secondary N) is 1. The van der Waals surface area contributed by atoms with E-state index in [0.29, 0.717) is 0 Å². The van der Waals surface area contributed by atoms with Gasteiger partial charge in [-0.05, 0) is 24.3 Å². The fourth-order valence-electron chi connectivity index (χ4n) is 1.06. The quantitative estimate of drug-likeness (QED) is 0.797. The van der Waals surface area contributed by atoms with Crippen molar-refractivity contribution in [1.29, 1.82) is 0 Å². The molecule has 1 aromatic carbocycles. The lowest BCUT2D eigenvalue weighted by molar-refractivity contribution is 0.501. The number of rotatable bonds is 5. The SMILES string of the molecule is CC(C)(CNS(=O)(=O)c1ccc(Br)cc1)C(N)=S. The van der Waals surface area contributed by atoms with E-state index in [4.69, 9.17) is 18.0 Å². The molecule has 0 unspecified atom stereocenters. The van der Waals surface area contributed by atoms with Gasteiger partial charge in [-0.25, -0.2) is 13.1 Å². The number of sulfonamides is 1. The third-order valence-electron chi connectivity index (χ3n) is 2.50. The minimum Gasteiger partial charge on any atom is -0.393 e. The summed E-state index contributed by atoms with van der Waals surface area (Å²) in [4.78, 5) is 0.491. The van der Waals surface area contributed by atoms with E-state index in [9.17, 15) is 8.42 Å². The Morgan fingerprint density at radius 3 is 2.33 bits per heavy atom. The van der Waals surface area contributed by atoms with Crippen LogP contribution in [0.5, 0.6) is 0 Å². The Bertz CT molecular complexity index is 539. The fourth-order valence-corrected chi connectivity index (χ4v) is 2.61. The smallest absolute Gasteiger partial charge is 0.240 e. The highest BCUT2D eigenvalue weighted by atomic mass is 79.9. The first-order chi connectivity index (χ1) is 8.15. The first-order valence-corrected chi connectivity index (χ1v) is 7.89. The molecule has 18 heavy (non-hydrogen) atoms. The predicted octanol–water partition coefficient (Wildman–Crippen LogP) is 2.04. The number of hydrogen-bond donors (Lipinski definition) is 2. The van der Waals surface area contributed by atoms with Crippen LogP contribution < -0.4 is 10.5 Å². The maximum Gasteiger partial charge on any atom is 0.240 e. The van der Waals surface area contributed by atoms with Crippen molar-refractivity contribution < 1.29 is 8.42 Å². The molecule has 0 fully saturated rings. The Hall–Kier alpha value is -0.500. The molecular formula is C11H15BrN2O2S2. The summed E-state index contributed by atoms with van der Waals surface area (Å²) < 4.78 is 27.3. The van der Waals surface area contributed by atoms with Gasteiger partial charge in [-0.3, -0.25) is 0 Å². The number of hydrogen-bond acceptors (Lipinski definition) is 3. The molecular weight excluding hydrogens is 336 g/mol. The van der Waals surface area contributed by atoms with Crippen LogP contribution in [0.2, 0.25) is 0 Å².